The zero-order valence-electron chi connectivity index (χ0n) is 10.4. The van der Waals surface area contributed by atoms with E-state index in [4.69, 9.17) is 0 Å². The average Bonchev–Trinajstić information content (AvgIpc) is 3.22. The van der Waals surface area contributed by atoms with Crippen LogP contribution < -0.4 is 5.32 Å². The zero-order valence-corrected chi connectivity index (χ0v) is 10.4. The van der Waals surface area contributed by atoms with Gasteiger partial charge in [0, 0.05) is 25.2 Å². The number of hydrogen-bond acceptors (Lipinski definition) is 2. The largest absolute Gasteiger partial charge is 0.309 e. The number of piperidine rings is 1. The van der Waals surface area contributed by atoms with Gasteiger partial charge < -0.3 is 5.32 Å². The van der Waals surface area contributed by atoms with Crippen molar-refractivity contribution < 1.29 is 0 Å². The van der Waals surface area contributed by atoms with Crippen molar-refractivity contribution in [2.45, 2.75) is 44.3 Å². The number of rotatable bonds is 4. The minimum atomic E-state index is 0.699. The van der Waals surface area contributed by atoms with E-state index in [-0.39, 0.29) is 0 Å². The second-order valence-corrected chi connectivity index (χ2v) is 5.43. The van der Waals surface area contributed by atoms with Crippen LogP contribution >= 0.6 is 0 Å². The second-order valence-electron chi connectivity index (χ2n) is 5.43. The molecule has 3 rings (SSSR count). The minimum Gasteiger partial charge on any atom is -0.309 e. The van der Waals surface area contributed by atoms with Crippen molar-refractivity contribution in [2.24, 2.45) is 0 Å². The van der Waals surface area contributed by atoms with Crippen LogP contribution in [-0.2, 0) is 6.54 Å². The molecule has 2 aliphatic rings. The molecule has 2 nitrogen and oxygen atoms in total. The smallest absolute Gasteiger partial charge is 0.0208 e. The fraction of sp³-hybridized carbons (Fsp3) is 0.600. The topological polar surface area (TPSA) is 15.3 Å². The molecular formula is C15H22N2. The van der Waals surface area contributed by atoms with Gasteiger partial charge in [-0.2, -0.15) is 0 Å². The molecule has 2 fully saturated rings. The quantitative estimate of drug-likeness (QED) is 0.854. The number of nitrogens with zero attached hydrogens (tertiary/aromatic N) is 1. The van der Waals surface area contributed by atoms with Gasteiger partial charge >= 0.3 is 0 Å². The first-order valence-corrected chi connectivity index (χ1v) is 6.93. The van der Waals surface area contributed by atoms with E-state index in [1.54, 1.807) is 0 Å². The van der Waals surface area contributed by atoms with E-state index in [1.807, 2.05) is 0 Å². The molecule has 1 aliphatic heterocycles. The Balaban J connectivity index is 1.48. The second kappa shape index (κ2) is 5.19. The zero-order chi connectivity index (χ0) is 11.5. The molecule has 1 heterocycles. The molecule has 2 heteroatoms. The van der Waals surface area contributed by atoms with Crippen molar-refractivity contribution in [3.63, 3.8) is 0 Å². The Bertz CT molecular complexity index is 345. The molecule has 0 aromatic heterocycles. The summed E-state index contributed by atoms with van der Waals surface area (Å²) in [6.07, 6.45) is 5.58. The van der Waals surface area contributed by atoms with E-state index in [0.717, 1.165) is 12.6 Å². The Morgan fingerprint density at radius 3 is 2.71 bits per heavy atom. The Morgan fingerprint density at radius 1 is 1.12 bits per heavy atom. The monoisotopic (exact) mass is 230 g/mol. The van der Waals surface area contributed by atoms with Crippen LogP contribution in [0.15, 0.2) is 30.3 Å². The fourth-order valence-electron chi connectivity index (χ4n) is 2.80. The number of likely N-dealkylation sites (tertiary alicyclic amines) is 1. The van der Waals surface area contributed by atoms with E-state index < -0.39 is 0 Å². The molecular weight excluding hydrogens is 208 g/mol. The lowest BCUT2D eigenvalue weighted by Crippen LogP contribution is -2.46. The predicted octanol–water partition coefficient (Wildman–Crippen LogP) is 2.40. The summed E-state index contributed by atoms with van der Waals surface area (Å²) in [5.41, 5.74) is 1.40. The maximum absolute atomic E-state index is 3.71. The van der Waals surface area contributed by atoms with Crippen LogP contribution in [0.4, 0.5) is 0 Å². The molecule has 1 aromatic rings. The van der Waals surface area contributed by atoms with Crippen molar-refractivity contribution in [2.75, 3.05) is 13.1 Å². The summed E-state index contributed by atoms with van der Waals surface area (Å²) in [7, 11) is 0. The molecule has 0 spiro atoms. The summed E-state index contributed by atoms with van der Waals surface area (Å²) < 4.78 is 0. The number of hydrogen-bond donors (Lipinski definition) is 1. The first-order chi connectivity index (χ1) is 8.42. The van der Waals surface area contributed by atoms with Gasteiger partial charge in [0.05, 0.1) is 0 Å². The van der Waals surface area contributed by atoms with Gasteiger partial charge in [-0.15, -0.1) is 0 Å². The van der Waals surface area contributed by atoms with Gasteiger partial charge in [0.15, 0.2) is 0 Å². The summed E-state index contributed by atoms with van der Waals surface area (Å²) >= 11 is 0. The molecule has 1 aliphatic carbocycles. The van der Waals surface area contributed by atoms with Gasteiger partial charge in [-0.25, -0.2) is 0 Å². The molecule has 1 N–H and O–H groups in total. The van der Waals surface area contributed by atoms with E-state index >= 15 is 0 Å². The number of nitrogens with one attached hydrogen (secondary N) is 1. The molecule has 1 atom stereocenters. The highest BCUT2D eigenvalue weighted by Crippen LogP contribution is 2.29. The lowest BCUT2D eigenvalue weighted by Gasteiger charge is -2.33. The van der Waals surface area contributed by atoms with Crippen molar-refractivity contribution >= 4 is 0 Å². The van der Waals surface area contributed by atoms with Gasteiger partial charge in [0.2, 0.25) is 0 Å². The number of benzene rings is 1. The summed E-state index contributed by atoms with van der Waals surface area (Å²) in [6.45, 7) is 3.61. The lowest BCUT2D eigenvalue weighted by atomic mass is 10.1. The van der Waals surface area contributed by atoms with Crippen molar-refractivity contribution in [3.05, 3.63) is 35.9 Å². The maximum atomic E-state index is 3.71. The van der Waals surface area contributed by atoms with Gasteiger partial charge in [0.1, 0.15) is 0 Å². The summed E-state index contributed by atoms with van der Waals surface area (Å²) in [5.74, 6) is 0. The van der Waals surface area contributed by atoms with Crippen molar-refractivity contribution in [1.29, 1.82) is 0 Å². The SMILES string of the molecule is c1ccc(CN[C@H]2CCCN(C3CC3)C2)cc1. The van der Waals surface area contributed by atoms with Crippen LogP contribution in [-0.4, -0.2) is 30.1 Å². The van der Waals surface area contributed by atoms with E-state index in [2.05, 4.69) is 40.5 Å². The molecule has 0 bridgehead atoms. The van der Waals surface area contributed by atoms with Crippen LogP contribution in [0.5, 0.6) is 0 Å². The third-order valence-electron chi connectivity index (χ3n) is 3.95. The Morgan fingerprint density at radius 2 is 1.94 bits per heavy atom. The van der Waals surface area contributed by atoms with Crippen LogP contribution in [0.2, 0.25) is 0 Å². The van der Waals surface area contributed by atoms with Gasteiger partial charge in [-0.3, -0.25) is 4.90 Å². The van der Waals surface area contributed by atoms with Crippen molar-refractivity contribution in [3.8, 4) is 0 Å². The lowest BCUT2D eigenvalue weighted by molar-refractivity contribution is 0.181. The molecule has 0 radical (unpaired) electrons. The van der Waals surface area contributed by atoms with E-state index in [0.29, 0.717) is 6.04 Å². The Labute approximate surface area is 104 Å². The molecule has 1 aromatic carbocycles. The normalized spacial score (nSPS) is 26.0. The van der Waals surface area contributed by atoms with E-state index in [1.165, 1.54) is 44.3 Å². The van der Waals surface area contributed by atoms with Crippen LogP contribution in [0.1, 0.15) is 31.2 Å². The average molecular weight is 230 g/mol. The Kier molecular flexibility index (Phi) is 3.44. The molecule has 0 unspecified atom stereocenters. The standard InChI is InChI=1S/C15H22N2/c1-2-5-13(6-3-1)11-16-14-7-4-10-17(12-14)15-8-9-15/h1-3,5-6,14-16H,4,7-12H2/t14-/m0/s1. The Hall–Kier alpha value is -0.860. The van der Waals surface area contributed by atoms with Crippen LogP contribution in [0, 0.1) is 0 Å². The van der Waals surface area contributed by atoms with Gasteiger partial charge in [-0.05, 0) is 37.8 Å². The maximum Gasteiger partial charge on any atom is 0.0208 e. The first kappa shape index (κ1) is 11.2. The van der Waals surface area contributed by atoms with Crippen LogP contribution in [0.25, 0.3) is 0 Å². The molecule has 0 amide bonds. The minimum absolute atomic E-state index is 0.699. The summed E-state index contributed by atoms with van der Waals surface area (Å²) in [4.78, 5) is 2.69. The van der Waals surface area contributed by atoms with E-state index in [9.17, 15) is 0 Å². The van der Waals surface area contributed by atoms with Gasteiger partial charge in [0.25, 0.3) is 0 Å². The highest BCUT2D eigenvalue weighted by molar-refractivity contribution is 5.14. The third kappa shape index (κ3) is 3.08. The van der Waals surface area contributed by atoms with Gasteiger partial charge in [-0.1, -0.05) is 30.3 Å². The first-order valence-electron chi connectivity index (χ1n) is 6.93. The summed E-state index contributed by atoms with van der Waals surface area (Å²) in [5, 5.41) is 3.71. The third-order valence-corrected chi connectivity index (χ3v) is 3.95. The fourth-order valence-corrected chi connectivity index (χ4v) is 2.80. The molecule has 17 heavy (non-hydrogen) atoms. The highest BCUT2D eigenvalue weighted by atomic mass is 15.2. The molecule has 92 valence electrons. The summed E-state index contributed by atoms with van der Waals surface area (Å²) in [6, 6.07) is 12.4. The van der Waals surface area contributed by atoms with Crippen LogP contribution in [0.3, 0.4) is 0 Å². The van der Waals surface area contributed by atoms with Crippen molar-refractivity contribution in [1.82, 2.24) is 10.2 Å². The molecule has 1 saturated carbocycles. The highest BCUT2D eigenvalue weighted by Gasteiger charge is 2.32. The molecule has 1 saturated heterocycles. The predicted molar refractivity (Wildman–Crippen MR) is 70.9 cm³/mol.